The highest BCUT2D eigenvalue weighted by atomic mass is 19.1. The fraction of sp³-hybridized carbons (Fsp3) is 0.333. The van der Waals surface area contributed by atoms with Crippen LogP contribution in [0.4, 0.5) is 8.78 Å². The topological polar surface area (TPSA) is 20.2 Å². The molecule has 0 aliphatic rings. The van der Waals surface area contributed by atoms with Crippen LogP contribution in [0.3, 0.4) is 0 Å². The molecule has 1 rings (SSSR count). The van der Waals surface area contributed by atoms with Crippen LogP contribution >= 0.6 is 0 Å². The monoisotopic (exact) mass is 182 g/mol. The van der Waals surface area contributed by atoms with Gasteiger partial charge >= 0.3 is 0 Å². The second kappa shape index (κ2) is 3.02. The van der Waals surface area contributed by atoms with E-state index < -0.39 is 22.7 Å². The van der Waals surface area contributed by atoms with Gasteiger partial charge in [-0.25, -0.2) is 8.78 Å². The smallest absolute Gasteiger partial charge is 0.132 e. The lowest BCUT2D eigenvalue weighted by Crippen LogP contribution is -2.20. The van der Waals surface area contributed by atoms with Gasteiger partial charge in [0.2, 0.25) is 0 Å². The van der Waals surface area contributed by atoms with Gasteiger partial charge in [-0.1, -0.05) is 13.8 Å². The van der Waals surface area contributed by atoms with Crippen molar-refractivity contribution in [3.8, 4) is 5.75 Å². The average molecular weight is 182 g/mol. The molecule has 0 aliphatic carbocycles. The lowest BCUT2D eigenvalue weighted by atomic mass is 9.67. The van der Waals surface area contributed by atoms with E-state index >= 15 is 0 Å². The molecule has 4 heteroatoms. The minimum atomic E-state index is -1.10. The lowest BCUT2D eigenvalue weighted by molar-refractivity contribution is 0.451. The molecule has 0 saturated carbocycles. The minimum absolute atomic E-state index is 0.217. The predicted octanol–water partition coefficient (Wildman–Crippen LogP) is 2.07. The summed E-state index contributed by atoms with van der Waals surface area (Å²) >= 11 is 0. The molecule has 2 radical (unpaired) electrons. The van der Waals surface area contributed by atoms with Crippen molar-refractivity contribution in [2.24, 2.45) is 0 Å². The van der Waals surface area contributed by atoms with Crippen molar-refractivity contribution in [2.75, 3.05) is 0 Å². The van der Waals surface area contributed by atoms with Gasteiger partial charge in [0.05, 0.1) is 7.85 Å². The van der Waals surface area contributed by atoms with Crippen molar-refractivity contribution in [3.05, 3.63) is 29.3 Å². The number of phenolic OH excluding ortho intramolecular Hbond substituents is 1. The van der Waals surface area contributed by atoms with E-state index in [0.29, 0.717) is 0 Å². The number of phenols is 1. The summed E-state index contributed by atoms with van der Waals surface area (Å²) in [5.74, 6) is -2.10. The van der Waals surface area contributed by atoms with Crippen LogP contribution < -0.4 is 0 Å². The van der Waals surface area contributed by atoms with Crippen molar-refractivity contribution in [1.82, 2.24) is 0 Å². The third kappa shape index (κ3) is 2.00. The quantitative estimate of drug-likeness (QED) is 0.659. The number of benzene rings is 1. The van der Waals surface area contributed by atoms with Gasteiger partial charge in [-0.05, 0) is 5.31 Å². The first-order valence-electron chi connectivity index (χ1n) is 3.79. The Morgan fingerprint density at radius 3 is 1.92 bits per heavy atom. The third-order valence-corrected chi connectivity index (χ3v) is 1.67. The number of aromatic hydroxyl groups is 1. The van der Waals surface area contributed by atoms with Gasteiger partial charge in [0.25, 0.3) is 0 Å². The molecule has 0 bridgehead atoms. The van der Waals surface area contributed by atoms with Crippen LogP contribution in [0.15, 0.2) is 12.1 Å². The zero-order valence-corrected chi connectivity index (χ0v) is 7.44. The Morgan fingerprint density at radius 1 is 1.23 bits per heavy atom. The highest BCUT2D eigenvalue weighted by Crippen LogP contribution is 2.28. The van der Waals surface area contributed by atoms with Gasteiger partial charge < -0.3 is 5.11 Å². The molecular formula is C9H9BF2O. The SMILES string of the molecule is [B]C(C)(C)c1c(F)cc(O)cc1F. The van der Waals surface area contributed by atoms with Crippen molar-refractivity contribution < 1.29 is 13.9 Å². The summed E-state index contributed by atoms with van der Waals surface area (Å²) in [6.45, 7) is 2.98. The molecule has 0 fully saturated rings. The van der Waals surface area contributed by atoms with Gasteiger partial charge in [0.15, 0.2) is 0 Å². The van der Waals surface area contributed by atoms with E-state index in [1.165, 1.54) is 13.8 Å². The summed E-state index contributed by atoms with van der Waals surface area (Å²) in [4.78, 5) is 0. The minimum Gasteiger partial charge on any atom is -0.508 e. The Morgan fingerprint density at radius 2 is 1.62 bits per heavy atom. The number of halogens is 2. The summed E-state index contributed by atoms with van der Waals surface area (Å²) in [7, 11) is 5.55. The van der Waals surface area contributed by atoms with E-state index in [0.717, 1.165) is 12.1 Å². The Labute approximate surface area is 76.8 Å². The highest BCUT2D eigenvalue weighted by molar-refractivity contribution is 6.15. The Bertz CT molecular complexity index is 308. The second-order valence-corrected chi connectivity index (χ2v) is 3.51. The Balaban J connectivity index is 3.38. The van der Waals surface area contributed by atoms with Crippen molar-refractivity contribution in [2.45, 2.75) is 19.2 Å². The van der Waals surface area contributed by atoms with E-state index in [2.05, 4.69) is 0 Å². The van der Waals surface area contributed by atoms with Crippen LogP contribution in [0, 0.1) is 11.6 Å². The van der Waals surface area contributed by atoms with Crippen LogP contribution in [0.5, 0.6) is 5.75 Å². The van der Waals surface area contributed by atoms with E-state index in [4.69, 9.17) is 13.0 Å². The summed E-state index contributed by atoms with van der Waals surface area (Å²) in [6.07, 6.45) is 0. The van der Waals surface area contributed by atoms with Crippen molar-refractivity contribution in [1.29, 1.82) is 0 Å². The van der Waals surface area contributed by atoms with E-state index in [9.17, 15) is 8.78 Å². The standard InChI is InChI=1S/C9H9BF2O/c1-9(2,10)8-6(11)3-5(13)4-7(8)12/h3-4,13H,1-2H3. The maximum atomic E-state index is 13.1. The van der Waals surface area contributed by atoms with Gasteiger partial charge in [0, 0.05) is 17.7 Å². The Kier molecular flexibility index (Phi) is 2.33. The fourth-order valence-corrected chi connectivity index (χ4v) is 1.18. The van der Waals surface area contributed by atoms with E-state index in [1.54, 1.807) is 0 Å². The first-order valence-corrected chi connectivity index (χ1v) is 3.79. The highest BCUT2D eigenvalue weighted by Gasteiger charge is 2.22. The summed E-state index contributed by atoms with van der Waals surface area (Å²) in [5.41, 5.74) is -0.217. The predicted molar refractivity (Wildman–Crippen MR) is 46.8 cm³/mol. The molecule has 1 nitrogen and oxygen atoms in total. The molecule has 0 spiro atoms. The first-order chi connectivity index (χ1) is 5.82. The van der Waals surface area contributed by atoms with Crippen LogP contribution in [0.2, 0.25) is 0 Å². The molecule has 1 N–H and O–H groups in total. The van der Waals surface area contributed by atoms with Crippen LogP contribution in [0.25, 0.3) is 0 Å². The number of hydrogen-bond donors (Lipinski definition) is 1. The molecule has 0 saturated heterocycles. The lowest BCUT2D eigenvalue weighted by Gasteiger charge is -2.20. The molecule has 0 heterocycles. The molecule has 68 valence electrons. The summed E-state index contributed by atoms with van der Waals surface area (Å²) in [5, 5.41) is 7.77. The van der Waals surface area contributed by atoms with E-state index in [-0.39, 0.29) is 5.56 Å². The van der Waals surface area contributed by atoms with Gasteiger partial charge in [-0.3, -0.25) is 0 Å². The number of hydrogen-bond acceptors (Lipinski definition) is 1. The summed E-state index contributed by atoms with van der Waals surface area (Å²) < 4.78 is 26.3. The molecule has 0 atom stereocenters. The summed E-state index contributed by atoms with van der Waals surface area (Å²) in [6, 6.07) is 1.68. The number of rotatable bonds is 1. The maximum absolute atomic E-state index is 13.1. The van der Waals surface area contributed by atoms with E-state index in [1.807, 2.05) is 0 Å². The zero-order chi connectivity index (χ0) is 10.2. The van der Waals surface area contributed by atoms with Gasteiger partial charge in [0.1, 0.15) is 17.4 Å². The van der Waals surface area contributed by atoms with Gasteiger partial charge in [-0.15, -0.1) is 0 Å². The average Bonchev–Trinajstić information content (AvgIpc) is 1.78. The van der Waals surface area contributed by atoms with Crippen molar-refractivity contribution >= 4 is 7.85 Å². The molecule has 0 amide bonds. The molecule has 13 heavy (non-hydrogen) atoms. The molecule has 1 aromatic rings. The largest absolute Gasteiger partial charge is 0.508 e. The van der Waals surface area contributed by atoms with Crippen LogP contribution in [0.1, 0.15) is 19.4 Å². The second-order valence-electron chi connectivity index (χ2n) is 3.51. The maximum Gasteiger partial charge on any atom is 0.132 e. The molecule has 0 aliphatic heterocycles. The first kappa shape index (κ1) is 10.0. The third-order valence-electron chi connectivity index (χ3n) is 1.67. The van der Waals surface area contributed by atoms with Crippen LogP contribution in [-0.4, -0.2) is 13.0 Å². The Hall–Kier alpha value is -1.06. The van der Waals surface area contributed by atoms with Crippen molar-refractivity contribution in [3.63, 3.8) is 0 Å². The molecular weight excluding hydrogens is 173 g/mol. The molecule has 0 aromatic heterocycles. The van der Waals surface area contributed by atoms with Crippen LogP contribution in [-0.2, 0) is 5.31 Å². The zero-order valence-electron chi connectivity index (χ0n) is 7.44. The molecule has 0 unspecified atom stereocenters. The normalized spacial score (nSPS) is 11.7. The fourth-order valence-electron chi connectivity index (χ4n) is 1.18. The molecule has 1 aromatic carbocycles. The van der Waals surface area contributed by atoms with Gasteiger partial charge in [-0.2, -0.15) is 0 Å².